The second kappa shape index (κ2) is 8.78. The Hall–Kier alpha value is -2.02. The summed E-state index contributed by atoms with van der Waals surface area (Å²) in [7, 11) is 0. The number of carbonyl (C=O) groups excluding carboxylic acids is 1. The molecule has 1 aliphatic rings. The largest absolute Gasteiger partial charge is 0.414 e. The Bertz CT molecular complexity index is 782. The van der Waals surface area contributed by atoms with Gasteiger partial charge in [0.2, 0.25) is 11.8 Å². The van der Waals surface area contributed by atoms with Gasteiger partial charge in [-0.1, -0.05) is 29.5 Å². The van der Waals surface area contributed by atoms with Gasteiger partial charge in [-0.25, -0.2) is 0 Å². The van der Waals surface area contributed by atoms with Crippen LogP contribution in [0, 0.1) is 13.8 Å². The average Bonchev–Trinajstić information content (AvgIpc) is 3.07. The van der Waals surface area contributed by atoms with Crippen molar-refractivity contribution in [3.63, 3.8) is 0 Å². The number of nitrogens with one attached hydrogen (secondary N) is 1. The molecular weight excluding hydrogens is 360 g/mol. The highest BCUT2D eigenvalue weighted by Crippen LogP contribution is 2.25. The molecule has 2 atom stereocenters. The fourth-order valence-corrected chi connectivity index (χ4v) is 4.31. The van der Waals surface area contributed by atoms with Gasteiger partial charge in [-0.05, 0) is 58.6 Å². The molecule has 146 valence electrons. The molecule has 1 aliphatic heterocycles. The lowest BCUT2D eigenvalue weighted by Gasteiger charge is -2.39. The molecule has 6 nitrogen and oxygen atoms in total. The number of hydrogen-bond donors (Lipinski definition) is 1. The second-order valence-corrected chi connectivity index (χ2v) is 8.28. The third-order valence-corrected chi connectivity index (χ3v) is 5.86. The summed E-state index contributed by atoms with van der Waals surface area (Å²) in [5, 5.41) is 11.9. The molecule has 1 aromatic carbocycles. The summed E-state index contributed by atoms with van der Waals surface area (Å²) >= 11 is 1.31. The quantitative estimate of drug-likeness (QED) is 0.749. The van der Waals surface area contributed by atoms with E-state index in [1.54, 1.807) is 0 Å². The van der Waals surface area contributed by atoms with Crippen molar-refractivity contribution >= 4 is 23.4 Å². The average molecular weight is 389 g/mol. The number of rotatable bonds is 6. The van der Waals surface area contributed by atoms with Crippen LogP contribution >= 0.6 is 11.8 Å². The van der Waals surface area contributed by atoms with Crippen molar-refractivity contribution in [1.29, 1.82) is 0 Å². The molecule has 1 aromatic heterocycles. The molecule has 2 unspecified atom stereocenters. The number of thioether (sulfide) groups is 1. The number of nitrogens with zero attached hydrogens (tertiary/aromatic N) is 3. The van der Waals surface area contributed by atoms with Crippen LogP contribution in [0.2, 0.25) is 0 Å². The normalized spacial score (nSPS) is 19.9. The molecule has 27 heavy (non-hydrogen) atoms. The zero-order valence-electron chi connectivity index (χ0n) is 16.5. The number of amides is 1. The minimum absolute atomic E-state index is 0.146. The molecule has 1 fully saturated rings. The summed E-state index contributed by atoms with van der Waals surface area (Å²) in [5.74, 6) is 0.998. The van der Waals surface area contributed by atoms with Gasteiger partial charge in [0.15, 0.2) is 0 Å². The van der Waals surface area contributed by atoms with Gasteiger partial charge >= 0.3 is 0 Å². The van der Waals surface area contributed by atoms with Crippen molar-refractivity contribution in [2.75, 3.05) is 11.1 Å². The summed E-state index contributed by atoms with van der Waals surface area (Å²) in [6, 6.07) is 6.87. The highest BCUT2D eigenvalue weighted by atomic mass is 32.2. The Morgan fingerprint density at radius 3 is 2.70 bits per heavy atom. The van der Waals surface area contributed by atoms with Crippen LogP contribution in [0.1, 0.15) is 50.1 Å². The maximum absolute atomic E-state index is 12.6. The summed E-state index contributed by atoms with van der Waals surface area (Å²) < 4.78 is 5.67. The smallest absolute Gasteiger partial charge is 0.277 e. The van der Waals surface area contributed by atoms with Gasteiger partial charge in [0.1, 0.15) is 0 Å². The van der Waals surface area contributed by atoms with Crippen LogP contribution in [-0.2, 0) is 11.3 Å². The third kappa shape index (κ3) is 5.03. The van der Waals surface area contributed by atoms with E-state index in [9.17, 15) is 4.79 Å². The SMILES string of the molecule is Cc1ccc(NCc2nnc(SCC(=O)N3C(C)CCCC3C)o2)c(C)c1. The second-order valence-electron chi connectivity index (χ2n) is 7.35. The van der Waals surface area contributed by atoms with Crippen LogP contribution in [0.15, 0.2) is 27.8 Å². The van der Waals surface area contributed by atoms with E-state index < -0.39 is 0 Å². The van der Waals surface area contributed by atoms with Gasteiger partial charge in [-0.2, -0.15) is 0 Å². The van der Waals surface area contributed by atoms with Crippen molar-refractivity contribution in [3.8, 4) is 0 Å². The number of likely N-dealkylation sites (tertiary alicyclic amines) is 1. The van der Waals surface area contributed by atoms with Crippen molar-refractivity contribution in [2.45, 2.75) is 70.8 Å². The maximum Gasteiger partial charge on any atom is 0.277 e. The summed E-state index contributed by atoms with van der Waals surface area (Å²) in [6.45, 7) is 8.86. The zero-order chi connectivity index (χ0) is 19.4. The molecule has 1 N–H and O–H groups in total. The van der Waals surface area contributed by atoms with Crippen LogP contribution in [0.25, 0.3) is 0 Å². The molecule has 0 aliphatic carbocycles. The molecule has 0 bridgehead atoms. The van der Waals surface area contributed by atoms with E-state index in [0.29, 0.717) is 35.5 Å². The number of anilines is 1. The standard InChI is InChI=1S/C20H28N4O2S/c1-13-8-9-17(14(2)10-13)21-11-18-22-23-20(26-18)27-12-19(25)24-15(3)6-5-7-16(24)4/h8-10,15-16,21H,5-7,11-12H2,1-4H3. The molecule has 1 saturated heterocycles. The number of piperidine rings is 1. The highest BCUT2D eigenvalue weighted by molar-refractivity contribution is 7.99. The molecule has 2 aromatic rings. The van der Waals surface area contributed by atoms with E-state index in [4.69, 9.17) is 4.42 Å². The van der Waals surface area contributed by atoms with E-state index in [-0.39, 0.29) is 5.91 Å². The molecule has 0 saturated carbocycles. The molecule has 3 rings (SSSR count). The highest BCUT2D eigenvalue weighted by Gasteiger charge is 2.29. The first-order valence-electron chi connectivity index (χ1n) is 9.51. The Morgan fingerprint density at radius 2 is 2.00 bits per heavy atom. The van der Waals surface area contributed by atoms with Crippen LogP contribution in [0.5, 0.6) is 0 Å². The zero-order valence-corrected chi connectivity index (χ0v) is 17.3. The van der Waals surface area contributed by atoms with Crippen LogP contribution in [0.3, 0.4) is 0 Å². The van der Waals surface area contributed by atoms with Gasteiger partial charge in [0.25, 0.3) is 5.22 Å². The van der Waals surface area contributed by atoms with E-state index in [1.165, 1.54) is 29.3 Å². The Kier molecular flexibility index (Phi) is 6.42. The molecule has 7 heteroatoms. The summed E-state index contributed by atoms with van der Waals surface area (Å²) in [6.07, 6.45) is 3.35. The lowest BCUT2D eigenvalue weighted by Crippen LogP contribution is -2.48. The van der Waals surface area contributed by atoms with Crippen molar-refractivity contribution < 1.29 is 9.21 Å². The molecule has 0 spiro atoms. The van der Waals surface area contributed by atoms with Crippen LogP contribution in [-0.4, -0.2) is 38.8 Å². The van der Waals surface area contributed by atoms with E-state index in [2.05, 4.69) is 61.4 Å². The summed E-state index contributed by atoms with van der Waals surface area (Å²) in [5.41, 5.74) is 3.47. The lowest BCUT2D eigenvalue weighted by atomic mass is 9.98. The van der Waals surface area contributed by atoms with E-state index in [1.807, 2.05) is 4.90 Å². The Balaban J connectivity index is 1.51. The number of carbonyl (C=O) groups is 1. The van der Waals surface area contributed by atoms with Crippen molar-refractivity contribution in [2.24, 2.45) is 0 Å². The number of aryl methyl sites for hydroxylation is 2. The first-order chi connectivity index (χ1) is 12.9. The van der Waals surface area contributed by atoms with Gasteiger partial charge in [0, 0.05) is 17.8 Å². The maximum atomic E-state index is 12.6. The first kappa shape index (κ1) is 19.7. The van der Waals surface area contributed by atoms with Gasteiger partial charge in [-0.15, -0.1) is 10.2 Å². The number of aromatic nitrogens is 2. The van der Waals surface area contributed by atoms with Crippen molar-refractivity contribution in [3.05, 3.63) is 35.2 Å². The fraction of sp³-hybridized carbons (Fsp3) is 0.550. The lowest BCUT2D eigenvalue weighted by molar-refractivity contribution is -0.134. The minimum Gasteiger partial charge on any atom is -0.414 e. The first-order valence-corrected chi connectivity index (χ1v) is 10.5. The predicted molar refractivity (Wildman–Crippen MR) is 108 cm³/mol. The van der Waals surface area contributed by atoms with Crippen LogP contribution < -0.4 is 5.32 Å². The Morgan fingerprint density at radius 1 is 1.26 bits per heavy atom. The van der Waals surface area contributed by atoms with Crippen LogP contribution in [0.4, 0.5) is 5.69 Å². The third-order valence-electron chi connectivity index (χ3n) is 5.06. The van der Waals surface area contributed by atoms with Gasteiger partial charge in [-0.3, -0.25) is 4.79 Å². The topological polar surface area (TPSA) is 71.3 Å². The Labute approximate surface area is 165 Å². The van der Waals surface area contributed by atoms with E-state index in [0.717, 1.165) is 18.5 Å². The number of hydrogen-bond acceptors (Lipinski definition) is 6. The summed E-state index contributed by atoms with van der Waals surface area (Å²) in [4.78, 5) is 14.6. The number of benzene rings is 1. The fourth-order valence-electron chi connectivity index (χ4n) is 3.66. The molecule has 1 amide bonds. The molecular formula is C20H28N4O2S. The van der Waals surface area contributed by atoms with Gasteiger partial charge in [0.05, 0.1) is 12.3 Å². The molecule has 2 heterocycles. The van der Waals surface area contributed by atoms with Gasteiger partial charge < -0.3 is 14.6 Å². The molecule has 0 radical (unpaired) electrons. The van der Waals surface area contributed by atoms with E-state index >= 15 is 0 Å². The monoisotopic (exact) mass is 388 g/mol. The van der Waals surface area contributed by atoms with Crippen molar-refractivity contribution in [1.82, 2.24) is 15.1 Å². The predicted octanol–water partition coefficient (Wildman–Crippen LogP) is 4.18. The minimum atomic E-state index is 0.146.